The van der Waals surface area contributed by atoms with Gasteiger partial charge in [0.05, 0.1) is 22.1 Å². The topological polar surface area (TPSA) is 55.0 Å². The second-order valence-corrected chi connectivity index (χ2v) is 3.21. The van der Waals surface area contributed by atoms with Crippen molar-refractivity contribution < 1.29 is 9.53 Å². The fraction of sp³-hybridized carbons (Fsp3) is 0.111. The summed E-state index contributed by atoms with van der Waals surface area (Å²) in [5.41, 5.74) is 0.672. The van der Waals surface area contributed by atoms with Gasteiger partial charge in [-0.1, -0.05) is 11.6 Å². The van der Waals surface area contributed by atoms with Crippen molar-refractivity contribution in [1.29, 1.82) is 0 Å². The van der Waals surface area contributed by atoms with E-state index in [1.807, 2.05) is 0 Å². The molecule has 0 saturated carbocycles. The number of ether oxygens (including phenoxy) is 1. The molecule has 1 aromatic carbocycles. The lowest BCUT2D eigenvalue weighted by molar-refractivity contribution is -0.131. The lowest BCUT2D eigenvalue weighted by Crippen LogP contribution is -2.01. The van der Waals surface area contributed by atoms with E-state index in [0.29, 0.717) is 21.7 Å². The van der Waals surface area contributed by atoms with E-state index in [1.165, 1.54) is 6.92 Å². The predicted molar refractivity (Wildman–Crippen MR) is 52.4 cm³/mol. The summed E-state index contributed by atoms with van der Waals surface area (Å²) >= 11 is 5.90. The monoisotopic (exact) mass is 210 g/mol. The van der Waals surface area contributed by atoms with Gasteiger partial charge in [0.25, 0.3) is 0 Å². The lowest BCUT2D eigenvalue weighted by Gasteiger charge is -2.02. The van der Waals surface area contributed by atoms with Gasteiger partial charge < -0.3 is 4.74 Å². The SMILES string of the molecule is CC(=O)Oc1ccc(Cl)c2[nH]ncc12. The molecule has 4 nitrogen and oxygen atoms in total. The zero-order chi connectivity index (χ0) is 10.1. The van der Waals surface area contributed by atoms with Crippen molar-refractivity contribution >= 4 is 28.5 Å². The van der Waals surface area contributed by atoms with Crippen molar-refractivity contribution in [3.63, 3.8) is 0 Å². The summed E-state index contributed by atoms with van der Waals surface area (Å²) in [5.74, 6) is 0.0977. The molecule has 5 heteroatoms. The van der Waals surface area contributed by atoms with Crippen molar-refractivity contribution in [2.24, 2.45) is 0 Å². The number of aromatic nitrogens is 2. The van der Waals surface area contributed by atoms with Crippen molar-refractivity contribution in [2.45, 2.75) is 6.92 Å². The summed E-state index contributed by atoms with van der Waals surface area (Å²) in [6, 6.07) is 3.29. The van der Waals surface area contributed by atoms with E-state index in [0.717, 1.165) is 0 Å². The molecule has 1 aromatic heterocycles. The van der Waals surface area contributed by atoms with Gasteiger partial charge in [-0.05, 0) is 12.1 Å². The summed E-state index contributed by atoms with van der Waals surface area (Å²) in [4.78, 5) is 10.8. The first-order valence-corrected chi connectivity index (χ1v) is 4.36. The van der Waals surface area contributed by atoms with Gasteiger partial charge in [0.15, 0.2) is 0 Å². The van der Waals surface area contributed by atoms with Crippen molar-refractivity contribution in [2.75, 3.05) is 0 Å². The van der Waals surface area contributed by atoms with Gasteiger partial charge in [-0.2, -0.15) is 5.10 Å². The summed E-state index contributed by atoms with van der Waals surface area (Å²) < 4.78 is 4.98. The van der Waals surface area contributed by atoms with Gasteiger partial charge in [-0.15, -0.1) is 0 Å². The Morgan fingerprint density at radius 3 is 3.07 bits per heavy atom. The Morgan fingerprint density at radius 2 is 2.36 bits per heavy atom. The van der Waals surface area contributed by atoms with E-state index in [1.54, 1.807) is 18.3 Å². The number of nitrogens with zero attached hydrogens (tertiary/aromatic N) is 1. The number of fused-ring (bicyclic) bond motifs is 1. The van der Waals surface area contributed by atoms with Crippen molar-refractivity contribution in [1.82, 2.24) is 10.2 Å². The summed E-state index contributed by atoms with van der Waals surface area (Å²) in [7, 11) is 0. The van der Waals surface area contributed by atoms with Crippen LogP contribution in [0.2, 0.25) is 5.02 Å². The Bertz CT molecular complexity index is 493. The first-order chi connectivity index (χ1) is 6.68. The van der Waals surface area contributed by atoms with E-state index in [4.69, 9.17) is 16.3 Å². The van der Waals surface area contributed by atoms with Gasteiger partial charge >= 0.3 is 5.97 Å². The number of aromatic amines is 1. The van der Waals surface area contributed by atoms with E-state index < -0.39 is 0 Å². The molecule has 0 aliphatic heterocycles. The van der Waals surface area contributed by atoms with E-state index in [9.17, 15) is 4.79 Å². The van der Waals surface area contributed by atoms with Crippen molar-refractivity contribution in [3.8, 4) is 5.75 Å². The fourth-order valence-electron chi connectivity index (χ4n) is 1.22. The number of nitrogens with one attached hydrogen (secondary N) is 1. The maximum Gasteiger partial charge on any atom is 0.308 e. The largest absolute Gasteiger partial charge is 0.426 e. The van der Waals surface area contributed by atoms with E-state index in [2.05, 4.69) is 10.2 Å². The van der Waals surface area contributed by atoms with E-state index in [-0.39, 0.29) is 5.97 Å². The number of esters is 1. The quantitative estimate of drug-likeness (QED) is 0.580. The van der Waals surface area contributed by atoms with Gasteiger partial charge in [0.1, 0.15) is 5.75 Å². The van der Waals surface area contributed by atoms with Gasteiger partial charge in [0, 0.05) is 6.92 Å². The molecule has 0 spiro atoms. The number of hydrogen-bond acceptors (Lipinski definition) is 3. The highest BCUT2D eigenvalue weighted by Gasteiger charge is 2.08. The first-order valence-electron chi connectivity index (χ1n) is 3.98. The Balaban J connectivity index is 2.60. The Kier molecular flexibility index (Phi) is 2.13. The molecule has 1 N–H and O–H groups in total. The Hall–Kier alpha value is -1.55. The maximum atomic E-state index is 10.8. The minimum absolute atomic E-state index is 0.366. The van der Waals surface area contributed by atoms with Gasteiger partial charge in [-0.3, -0.25) is 9.89 Å². The minimum Gasteiger partial charge on any atom is -0.426 e. The number of carbonyl (C=O) groups is 1. The van der Waals surface area contributed by atoms with Crippen LogP contribution in [0, 0.1) is 0 Å². The number of benzene rings is 1. The van der Waals surface area contributed by atoms with Crippen LogP contribution in [0.5, 0.6) is 5.75 Å². The summed E-state index contributed by atoms with van der Waals surface area (Å²) in [6.07, 6.45) is 1.57. The number of hydrogen-bond donors (Lipinski definition) is 1. The molecule has 1 heterocycles. The highest BCUT2D eigenvalue weighted by molar-refractivity contribution is 6.35. The highest BCUT2D eigenvalue weighted by Crippen LogP contribution is 2.29. The molecule has 0 saturated heterocycles. The lowest BCUT2D eigenvalue weighted by atomic mass is 10.2. The molecule has 0 atom stereocenters. The molecule has 0 unspecified atom stereocenters. The molecule has 14 heavy (non-hydrogen) atoms. The van der Waals surface area contributed by atoms with Crippen LogP contribution in [0.3, 0.4) is 0 Å². The second-order valence-electron chi connectivity index (χ2n) is 2.80. The zero-order valence-corrected chi connectivity index (χ0v) is 8.13. The Labute approximate surface area is 84.8 Å². The number of halogens is 1. The average molecular weight is 211 g/mol. The molecule has 0 amide bonds. The standard InChI is InChI=1S/C9H7ClN2O2/c1-5(13)14-8-3-2-7(10)9-6(8)4-11-12-9/h2-4H,1H3,(H,11,12). The first kappa shape index (κ1) is 9.02. The number of rotatable bonds is 1. The van der Waals surface area contributed by atoms with Crippen LogP contribution in [0.15, 0.2) is 18.3 Å². The molecule has 0 aliphatic carbocycles. The van der Waals surface area contributed by atoms with Crippen LogP contribution in [0.4, 0.5) is 0 Å². The Morgan fingerprint density at radius 1 is 1.57 bits per heavy atom. The molecule has 72 valence electrons. The normalized spacial score (nSPS) is 10.4. The summed E-state index contributed by atoms with van der Waals surface area (Å²) in [6.45, 7) is 1.35. The molecule has 0 fully saturated rings. The molecule has 0 bridgehead atoms. The summed E-state index contributed by atoms with van der Waals surface area (Å²) in [5, 5.41) is 7.81. The molecule has 0 aliphatic rings. The minimum atomic E-state index is -0.366. The third-order valence-corrected chi connectivity index (χ3v) is 2.09. The number of carbonyl (C=O) groups excluding carboxylic acids is 1. The third-order valence-electron chi connectivity index (χ3n) is 1.78. The van der Waals surface area contributed by atoms with Gasteiger partial charge in [-0.25, -0.2) is 0 Å². The predicted octanol–water partition coefficient (Wildman–Crippen LogP) is 2.14. The molecular formula is C9H7ClN2O2. The van der Waals surface area contributed by atoms with Crippen LogP contribution in [-0.4, -0.2) is 16.2 Å². The smallest absolute Gasteiger partial charge is 0.308 e. The molecule has 2 aromatic rings. The van der Waals surface area contributed by atoms with Gasteiger partial charge in [0.2, 0.25) is 0 Å². The van der Waals surface area contributed by atoms with Crippen LogP contribution < -0.4 is 4.74 Å². The van der Waals surface area contributed by atoms with Crippen LogP contribution in [0.1, 0.15) is 6.92 Å². The molecular weight excluding hydrogens is 204 g/mol. The average Bonchev–Trinajstić information content (AvgIpc) is 2.58. The van der Waals surface area contributed by atoms with Crippen LogP contribution >= 0.6 is 11.6 Å². The van der Waals surface area contributed by atoms with Crippen LogP contribution in [0.25, 0.3) is 10.9 Å². The third kappa shape index (κ3) is 1.44. The molecule has 0 radical (unpaired) electrons. The van der Waals surface area contributed by atoms with Crippen LogP contribution in [-0.2, 0) is 4.79 Å². The second kappa shape index (κ2) is 3.31. The van der Waals surface area contributed by atoms with E-state index >= 15 is 0 Å². The molecule has 2 rings (SSSR count). The fourth-order valence-corrected chi connectivity index (χ4v) is 1.43. The highest BCUT2D eigenvalue weighted by atomic mass is 35.5. The zero-order valence-electron chi connectivity index (χ0n) is 7.37. The maximum absolute atomic E-state index is 10.8. The van der Waals surface area contributed by atoms with Crippen molar-refractivity contribution in [3.05, 3.63) is 23.4 Å². The number of H-pyrrole nitrogens is 1.